The summed E-state index contributed by atoms with van der Waals surface area (Å²) in [6.45, 7) is 1.23. The van der Waals surface area contributed by atoms with Gasteiger partial charge in [-0.25, -0.2) is 0 Å². The maximum absolute atomic E-state index is 13.0. The third-order valence-corrected chi connectivity index (χ3v) is 5.59. The summed E-state index contributed by atoms with van der Waals surface area (Å²) in [4.78, 5) is 17.6. The highest BCUT2D eigenvalue weighted by Gasteiger charge is 2.37. The first-order chi connectivity index (χ1) is 12.0. The molecule has 5 nitrogen and oxygen atoms in total. The third kappa shape index (κ3) is 3.81. The van der Waals surface area contributed by atoms with Gasteiger partial charge >= 0.3 is 0 Å². The number of carbonyl (C=O) groups excluding carboxylic acids is 1. The number of para-hydroxylation sites is 1. The van der Waals surface area contributed by atoms with Crippen LogP contribution in [0.5, 0.6) is 5.75 Å². The van der Waals surface area contributed by atoms with E-state index in [1.54, 1.807) is 29.2 Å². The second kappa shape index (κ2) is 7.47. The fourth-order valence-electron chi connectivity index (χ4n) is 2.83. The molecule has 25 heavy (non-hydrogen) atoms. The summed E-state index contributed by atoms with van der Waals surface area (Å²) in [6.07, 6.45) is -1.15. The number of amides is 1. The van der Waals surface area contributed by atoms with Crippen LogP contribution in [0.1, 0.15) is 10.8 Å². The molecule has 0 spiro atoms. The largest absolute Gasteiger partial charge is 0.508 e. The number of aliphatic hydroxyl groups is 1. The first-order valence-electron chi connectivity index (χ1n) is 8.16. The molecule has 2 aromatic rings. The van der Waals surface area contributed by atoms with Gasteiger partial charge in [0.25, 0.3) is 5.91 Å². The van der Waals surface area contributed by atoms with Crippen molar-refractivity contribution in [3.63, 3.8) is 0 Å². The number of thioether (sulfide) groups is 1. The van der Waals surface area contributed by atoms with Crippen LogP contribution in [-0.2, 0) is 4.79 Å². The zero-order chi connectivity index (χ0) is 18.0. The van der Waals surface area contributed by atoms with E-state index in [0.717, 1.165) is 16.1 Å². The van der Waals surface area contributed by atoms with Crippen molar-refractivity contribution in [3.8, 4) is 5.75 Å². The number of hydrogen-bond acceptors (Lipinski definition) is 5. The van der Waals surface area contributed by atoms with E-state index >= 15 is 0 Å². The van der Waals surface area contributed by atoms with E-state index in [0.29, 0.717) is 13.1 Å². The summed E-state index contributed by atoms with van der Waals surface area (Å²) in [5.41, 5.74) is 1.65. The molecule has 0 unspecified atom stereocenters. The molecule has 2 aromatic carbocycles. The lowest BCUT2D eigenvalue weighted by atomic mass is 10.1. The van der Waals surface area contributed by atoms with Crippen LogP contribution in [-0.4, -0.2) is 54.3 Å². The number of nitrogens with zero attached hydrogens (tertiary/aromatic N) is 2. The molecule has 1 heterocycles. The number of carbonyl (C=O) groups is 1. The number of phenolic OH excluding ortho intramolecular Hbond substituents is 1. The van der Waals surface area contributed by atoms with Crippen molar-refractivity contribution in [1.29, 1.82) is 0 Å². The number of fused-ring (bicyclic) bond motifs is 1. The van der Waals surface area contributed by atoms with Crippen LogP contribution < -0.4 is 4.90 Å². The first-order valence-corrected chi connectivity index (χ1v) is 9.04. The van der Waals surface area contributed by atoms with Crippen LogP contribution in [0.2, 0.25) is 0 Å². The van der Waals surface area contributed by atoms with E-state index in [2.05, 4.69) is 0 Å². The number of aliphatic hydroxyl groups excluding tert-OH is 1. The quantitative estimate of drug-likeness (QED) is 0.879. The number of rotatable bonds is 4. The molecule has 0 aromatic heterocycles. The lowest BCUT2D eigenvalue weighted by Crippen LogP contribution is -2.43. The monoisotopic (exact) mass is 358 g/mol. The summed E-state index contributed by atoms with van der Waals surface area (Å²) >= 11 is 1.48. The molecule has 1 aliphatic heterocycles. The molecule has 1 aliphatic rings. The molecule has 0 radical (unpaired) electrons. The molecule has 2 N–H and O–H groups in total. The highest BCUT2D eigenvalue weighted by atomic mass is 32.2. The van der Waals surface area contributed by atoms with Gasteiger partial charge in [-0.2, -0.15) is 0 Å². The second-order valence-electron chi connectivity index (χ2n) is 6.34. The minimum absolute atomic E-state index is 0.163. The normalized spacial score (nSPS) is 20.5. The SMILES string of the molecule is CN(C)CCN1C(=O)[C@H](O)[C@@H](c2ccc(O)cc2)Sc2ccccc21. The van der Waals surface area contributed by atoms with Crippen LogP contribution in [0.25, 0.3) is 0 Å². The zero-order valence-corrected chi connectivity index (χ0v) is 15.1. The number of phenols is 1. The molecule has 0 bridgehead atoms. The Balaban J connectivity index is 1.99. The first kappa shape index (κ1) is 17.8. The van der Waals surface area contributed by atoms with Crippen LogP contribution in [0.3, 0.4) is 0 Å². The van der Waals surface area contributed by atoms with Gasteiger partial charge in [0.15, 0.2) is 0 Å². The predicted molar refractivity (Wildman–Crippen MR) is 100 cm³/mol. The topological polar surface area (TPSA) is 64.0 Å². The van der Waals surface area contributed by atoms with Crippen LogP contribution in [0.4, 0.5) is 5.69 Å². The molecule has 2 atom stereocenters. The highest BCUT2D eigenvalue weighted by molar-refractivity contribution is 7.99. The van der Waals surface area contributed by atoms with Crippen molar-refractivity contribution in [3.05, 3.63) is 54.1 Å². The molecule has 1 amide bonds. The van der Waals surface area contributed by atoms with Gasteiger partial charge in [0.1, 0.15) is 11.9 Å². The average molecular weight is 358 g/mol. The fourth-order valence-corrected chi connectivity index (χ4v) is 4.10. The van der Waals surface area contributed by atoms with Crippen LogP contribution in [0, 0.1) is 0 Å². The predicted octanol–water partition coefficient (Wildman–Crippen LogP) is 2.49. The minimum Gasteiger partial charge on any atom is -0.508 e. The molecule has 0 saturated heterocycles. The van der Waals surface area contributed by atoms with Crippen molar-refractivity contribution in [2.45, 2.75) is 16.2 Å². The maximum Gasteiger partial charge on any atom is 0.257 e. The summed E-state index contributed by atoms with van der Waals surface area (Å²) in [5, 5.41) is 19.8. The van der Waals surface area contributed by atoms with E-state index in [1.165, 1.54) is 11.8 Å². The van der Waals surface area contributed by atoms with Gasteiger partial charge < -0.3 is 20.0 Å². The lowest BCUT2D eigenvalue weighted by Gasteiger charge is -2.26. The van der Waals surface area contributed by atoms with Crippen molar-refractivity contribution in [1.82, 2.24) is 4.90 Å². The van der Waals surface area contributed by atoms with Crippen molar-refractivity contribution in [2.75, 3.05) is 32.1 Å². The molecule has 0 aliphatic carbocycles. The van der Waals surface area contributed by atoms with Crippen molar-refractivity contribution >= 4 is 23.4 Å². The number of anilines is 1. The fraction of sp³-hybridized carbons (Fsp3) is 0.316. The number of likely N-dealkylation sites (N-methyl/N-ethyl adjacent to an activating group) is 1. The Morgan fingerprint density at radius 1 is 1.12 bits per heavy atom. The Kier molecular flexibility index (Phi) is 5.32. The van der Waals surface area contributed by atoms with E-state index < -0.39 is 11.4 Å². The Morgan fingerprint density at radius 2 is 1.80 bits per heavy atom. The third-order valence-electron chi connectivity index (χ3n) is 4.21. The lowest BCUT2D eigenvalue weighted by molar-refractivity contribution is -0.126. The number of hydrogen-bond donors (Lipinski definition) is 2. The highest BCUT2D eigenvalue weighted by Crippen LogP contribution is 2.45. The van der Waals surface area contributed by atoms with Crippen LogP contribution in [0.15, 0.2) is 53.4 Å². The van der Waals surface area contributed by atoms with E-state index in [9.17, 15) is 15.0 Å². The summed E-state index contributed by atoms with van der Waals surface area (Å²) in [6, 6.07) is 14.4. The zero-order valence-electron chi connectivity index (χ0n) is 14.3. The maximum atomic E-state index is 13.0. The molecule has 0 saturated carbocycles. The molecule has 6 heteroatoms. The van der Waals surface area contributed by atoms with Gasteiger partial charge in [-0.15, -0.1) is 11.8 Å². The van der Waals surface area contributed by atoms with E-state index in [4.69, 9.17) is 0 Å². The standard InChI is InChI=1S/C19H22N2O3S/c1-20(2)11-12-21-15-5-3-4-6-16(15)25-18(17(23)19(21)24)13-7-9-14(22)10-8-13/h3-10,17-18,22-23H,11-12H2,1-2H3/t17-,18-/m1/s1. The Labute approximate surface area is 151 Å². The Bertz CT molecular complexity index is 749. The number of aromatic hydroxyl groups is 1. The van der Waals surface area contributed by atoms with Gasteiger partial charge in [0.2, 0.25) is 0 Å². The smallest absolute Gasteiger partial charge is 0.257 e. The van der Waals surface area contributed by atoms with Gasteiger partial charge in [0.05, 0.1) is 10.9 Å². The van der Waals surface area contributed by atoms with Crippen LogP contribution >= 0.6 is 11.8 Å². The van der Waals surface area contributed by atoms with Gasteiger partial charge in [-0.05, 0) is 43.9 Å². The van der Waals surface area contributed by atoms with E-state index in [1.807, 2.05) is 43.3 Å². The summed E-state index contributed by atoms with van der Waals surface area (Å²) < 4.78 is 0. The number of benzene rings is 2. The van der Waals surface area contributed by atoms with E-state index in [-0.39, 0.29) is 11.7 Å². The molecule has 132 valence electrons. The van der Waals surface area contributed by atoms with Gasteiger partial charge in [-0.3, -0.25) is 4.79 Å². The van der Waals surface area contributed by atoms with Gasteiger partial charge in [-0.1, -0.05) is 24.3 Å². The summed E-state index contributed by atoms with van der Waals surface area (Å²) in [7, 11) is 3.91. The second-order valence-corrected chi connectivity index (χ2v) is 7.52. The Hall–Kier alpha value is -2.02. The van der Waals surface area contributed by atoms with Crippen molar-refractivity contribution in [2.24, 2.45) is 0 Å². The average Bonchev–Trinajstić information content (AvgIpc) is 2.70. The minimum atomic E-state index is -1.15. The molecule has 3 rings (SSSR count). The van der Waals surface area contributed by atoms with Crippen molar-refractivity contribution < 1.29 is 15.0 Å². The Morgan fingerprint density at radius 3 is 2.48 bits per heavy atom. The summed E-state index contributed by atoms with van der Waals surface area (Å²) in [5.74, 6) is -0.131. The molecular formula is C19H22N2O3S. The van der Waals surface area contributed by atoms with Gasteiger partial charge in [0, 0.05) is 18.0 Å². The molecule has 0 fully saturated rings. The molecular weight excluding hydrogens is 336 g/mol.